The Bertz CT molecular complexity index is 1490. The van der Waals surface area contributed by atoms with Gasteiger partial charge in [-0.2, -0.15) is 0 Å². The molecule has 0 aliphatic carbocycles. The molecule has 0 heterocycles. The minimum Gasteiger partial charge on any atom is -0.575 e. The summed E-state index contributed by atoms with van der Waals surface area (Å²) in [5.41, 5.74) is -8.79. The lowest BCUT2D eigenvalue weighted by Crippen LogP contribution is -2.75. The van der Waals surface area contributed by atoms with Crippen molar-refractivity contribution in [1.82, 2.24) is 0 Å². The van der Waals surface area contributed by atoms with Gasteiger partial charge in [-0.25, -0.2) is 65.9 Å². The Hall–Kier alpha value is -4.15. The molecule has 0 saturated carbocycles. The van der Waals surface area contributed by atoms with Crippen molar-refractivity contribution in [2.24, 2.45) is 0 Å². The third-order valence-corrected chi connectivity index (χ3v) is 6.29. The van der Waals surface area contributed by atoms with Gasteiger partial charge in [-0.3, -0.25) is 0 Å². The summed E-state index contributed by atoms with van der Waals surface area (Å²) in [6.45, 7) is -1.47. The Balaban J connectivity index is 2.39. The van der Waals surface area contributed by atoms with Gasteiger partial charge >= 0.3 is 0 Å². The molecule has 0 aromatic heterocycles. The van der Waals surface area contributed by atoms with Crippen LogP contribution >= 0.6 is 0 Å². The molecule has 0 spiro atoms. The average Bonchev–Trinajstić information content (AvgIpc) is 2.98. The molecule has 0 aliphatic rings. The van der Waals surface area contributed by atoms with Crippen LogP contribution in [0.4, 0.5) is 65.9 Å². The highest BCUT2D eigenvalue weighted by atomic mass is 19.2. The molecule has 1 nitrogen and oxygen atoms in total. The zero-order valence-corrected chi connectivity index (χ0v) is 19.7. The lowest BCUT2D eigenvalue weighted by molar-refractivity contribution is 0.300. The van der Waals surface area contributed by atoms with Gasteiger partial charge in [0.2, 0.25) is 6.35 Å². The van der Waals surface area contributed by atoms with E-state index in [9.17, 15) is 39.5 Å². The van der Waals surface area contributed by atoms with E-state index >= 15 is 26.3 Å². The molecule has 0 amide bonds. The molecule has 0 radical (unpaired) electrons. The van der Waals surface area contributed by atoms with E-state index in [1.165, 1.54) is 18.2 Å². The van der Waals surface area contributed by atoms with Crippen LogP contribution in [-0.4, -0.2) is 6.35 Å². The second kappa shape index (κ2) is 10.9. The van der Waals surface area contributed by atoms with Crippen LogP contribution in [0.25, 0.3) is 0 Å². The maximum atomic E-state index is 15.3. The molecule has 0 fully saturated rings. The second-order valence-corrected chi connectivity index (χ2v) is 8.53. The van der Waals surface area contributed by atoms with Crippen LogP contribution in [0.15, 0.2) is 30.3 Å². The fourth-order valence-corrected chi connectivity index (χ4v) is 4.41. The van der Waals surface area contributed by atoms with Gasteiger partial charge in [0.05, 0.1) is 0 Å². The predicted molar refractivity (Wildman–Crippen MR) is 115 cm³/mol. The predicted octanol–water partition coefficient (Wildman–Crippen LogP) is 5.96. The maximum absolute atomic E-state index is 15.3. The first-order chi connectivity index (χ1) is 19.6. The van der Waals surface area contributed by atoms with E-state index in [1.54, 1.807) is 0 Å². The Morgan fingerprint density at radius 3 is 0.857 bits per heavy atom. The lowest BCUT2D eigenvalue weighted by Gasteiger charge is -2.44. The van der Waals surface area contributed by atoms with E-state index in [0.717, 1.165) is 12.1 Å². The van der Waals surface area contributed by atoms with Crippen LogP contribution in [0, 0.1) is 87.3 Å². The molecular formula is C25H7BF15O-. The Kier molecular flexibility index (Phi) is 8.01. The third kappa shape index (κ3) is 4.37. The van der Waals surface area contributed by atoms with Crippen molar-refractivity contribution < 1.29 is 70.5 Å². The summed E-state index contributed by atoms with van der Waals surface area (Å²) in [5, 5.41) is 0. The molecular weight excluding hydrogens is 612 g/mol. The van der Waals surface area contributed by atoms with Crippen LogP contribution in [0.1, 0.15) is 5.56 Å². The number of halogens is 15. The van der Waals surface area contributed by atoms with Crippen LogP contribution in [0.3, 0.4) is 0 Å². The van der Waals surface area contributed by atoms with E-state index < -0.39 is 117 Å². The number of hydrogen-bond acceptors (Lipinski definition) is 1. The van der Waals surface area contributed by atoms with Crippen molar-refractivity contribution in [3.05, 3.63) is 123 Å². The summed E-state index contributed by atoms with van der Waals surface area (Å²) in [6, 6.07) is 5.66. The van der Waals surface area contributed by atoms with Crippen molar-refractivity contribution in [1.29, 1.82) is 0 Å². The van der Waals surface area contributed by atoms with Gasteiger partial charge < -0.3 is 4.65 Å². The summed E-state index contributed by atoms with van der Waals surface area (Å²) in [4.78, 5) is 0. The minimum absolute atomic E-state index is 0.319. The number of rotatable bonds is 6. The molecule has 0 N–H and O–H groups in total. The molecule has 0 atom stereocenters. The Labute approximate surface area is 223 Å². The Morgan fingerprint density at radius 1 is 0.357 bits per heavy atom. The zero-order valence-electron chi connectivity index (χ0n) is 19.7. The molecule has 4 rings (SSSR count). The summed E-state index contributed by atoms with van der Waals surface area (Å²) in [5.74, 6) is -46.4. The van der Waals surface area contributed by atoms with Gasteiger partial charge in [-0.15, -0.1) is 0 Å². The highest BCUT2D eigenvalue weighted by molar-refractivity contribution is 7.07. The van der Waals surface area contributed by atoms with Crippen molar-refractivity contribution >= 4 is 22.7 Å². The fraction of sp³-hybridized carbons (Fsp3) is 0.0400. The van der Waals surface area contributed by atoms with E-state index in [0.29, 0.717) is 0 Å². The fourth-order valence-electron chi connectivity index (χ4n) is 4.41. The van der Waals surface area contributed by atoms with Crippen LogP contribution < -0.4 is 16.4 Å². The number of benzene rings is 4. The summed E-state index contributed by atoms with van der Waals surface area (Å²) < 4.78 is 225. The van der Waals surface area contributed by atoms with Gasteiger partial charge in [0.1, 0.15) is 34.9 Å². The second-order valence-electron chi connectivity index (χ2n) is 8.53. The largest absolute Gasteiger partial charge is 0.575 e. The van der Waals surface area contributed by atoms with Crippen LogP contribution in [0.5, 0.6) is 0 Å². The smallest absolute Gasteiger partial charge is 0.217 e. The number of hydrogen-bond donors (Lipinski definition) is 0. The highest BCUT2D eigenvalue weighted by Gasteiger charge is 2.49. The first-order valence-corrected chi connectivity index (χ1v) is 11.0. The summed E-state index contributed by atoms with van der Waals surface area (Å²) >= 11 is 0. The van der Waals surface area contributed by atoms with Crippen LogP contribution in [-0.2, 0) is 11.3 Å². The van der Waals surface area contributed by atoms with Gasteiger partial charge in [-0.05, 0) is 5.56 Å². The minimum atomic E-state index is -6.04. The molecule has 0 unspecified atom stereocenters. The first kappa shape index (κ1) is 30.8. The maximum Gasteiger partial charge on any atom is 0.217 e. The molecule has 0 bridgehead atoms. The van der Waals surface area contributed by atoms with Crippen molar-refractivity contribution in [2.75, 3.05) is 0 Å². The van der Waals surface area contributed by atoms with E-state index in [1.807, 2.05) is 0 Å². The van der Waals surface area contributed by atoms with Gasteiger partial charge in [0.25, 0.3) is 0 Å². The molecule has 0 aliphatic heterocycles. The molecule has 17 heteroatoms. The topological polar surface area (TPSA) is 9.23 Å². The zero-order chi connectivity index (χ0) is 31.4. The standard InChI is InChI=1S/C25H7BF15O/c27-11-8(12(28)18(34)23(39)17(11)33)26(42-6-7-4-2-1-3-5-7,9-13(29)19(35)24(40)20(36)14(9)30)10-15(31)21(37)25(41)22(38)16(10)32/h1-5H,6H2/q-1. The molecule has 4 aromatic rings. The summed E-state index contributed by atoms with van der Waals surface area (Å²) in [6.07, 6.45) is -6.04. The summed E-state index contributed by atoms with van der Waals surface area (Å²) in [7, 11) is 0. The Morgan fingerprint density at radius 2 is 0.595 bits per heavy atom. The third-order valence-electron chi connectivity index (χ3n) is 6.29. The van der Waals surface area contributed by atoms with Crippen molar-refractivity contribution in [3.63, 3.8) is 0 Å². The lowest BCUT2D eigenvalue weighted by atomic mass is 9.27. The van der Waals surface area contributed by atoms with Crippen molar-refractivity contribution in [3.8, 4) is 0 Å². The first-order valence-electron chi connectivity index (χ1n) is 11.0. The normalized spacial score (nSPS) is 11.9. The van der Waals surface area contributed by atoms with Gasteiger partial charge in [0, 0.05) is 6.61 Å². The van der Waals surface area contributed by atoms with E-state index in [4.69, 9.17) is 4.65 Å². The SMILES string of the molecule is Fc1c(F)c(F)c([B-](OCc2ccccc2)(c2c(F)c(F)c(F)c(F)c2F)c2c(F)c(F)c(F)c(F)c2F)c(F)c1F. The van der Waals surface area contributed by atoms with Crippen LogP contribution in [0.2, 0.25) is 0 Å². The monoisotopic (exact) mass is 619 g/mol. The van der Waals surface area contributed by atoms with Gasteiger partial charge in [-0.1, -0.05) is 46.7 Å². The quantitative estimate of drug-likeness (QED) is 0.112. The molecule has 4 aromatic carbocycles. The molecule has 0 saturated heterocycles. The average molecular weight is 619 g/mol. The van der Waals surface area contributed by atoms with Crippen molar-refractivity contribution in [2.45, 2.75) is 6.61 Å². The molecule has 42 heavy (non-hydrogen) atoms. The van der Waals surface area contributed by atoms with E-state index in [2.05, 4.69) is 0 Å². The highest BCUT2D eigenvalue weighted by Crippen LogP contribution is 2.29. The molecule has 222 valence electrons. The van der Waals surface area contributed by atoms with E-state index in [-0.39, 0.29) is 5.56 Å². The van der Waals surface area contributed by atoms with Gasteiger partial charge in [0.15, 0.2) is 52.4 Å².